The predicted octanol–water partition coefficient (Wildman–Crippen LogP) is 1.83. The summed E-state index contributed by atoms with van der Waals surface area (Å²) in [6, 6.07) is 0. The zero-order valence-corrected chi connectivity index (χ0v) is 39.1. The molecule has 0 heterocycles. The van der Waals surface area contributed by atoms with Crippen LogP contribution in [0.2, 0.25) is 0 Å². The van der Waals surface area contributed by atoms with Crippen molar-refractivity contribution in [3.8, 4) is 0 Å². The number of rotatable bonds is 20. The largest absolute Gasteiger partial charge is 2.00 e. The van der Waals surface area contributed by atoms with Crippen molar-refractivity contribution in [2.24, 2.45) is 47.3 Å². The monoisotopic (exact) mass is 886 g/mol. The molecule has 4 aliphatic rings. The van der Waals surface area contributed by atoms with Gasteiger partial charge in [-0.05, 0) is 86.2 Å². The Kier molecular flexibility index (Phi) is 24.0. The van der Waals surface area contributed by atoms with Crippen molar-refractivity contribution >= 4 is 61.6 Å². The van der Waals surface area contributed by atoms with Crippen molar-refractivity contribution in [2.75, 3.05) is 0 Å². The summed E-state index contributed by atoms with van der Waals surface area (Å²) in [6.07, 6.45) is 8.63. The van der Waals surface area contributed by atoms with E-state index in [0.29, 0.717) is 51.4 Å². The molecule has 61 heavy (non-hydrogen) atoms. The molecule has 0 saturated carbocycles. The number of aliphatic hydroxyl groups is 6. The molecular weight excluding hydrogens is 817 g/mol. The summed E-state index contributed by atoms with van der Waals surface area (Å²) in [6.45, 7) is 11.7. The van der Waals surface area contributed by atoms with Crippen LogP contribution in [-0.4, -0.2) is 141 Å². The van der Waals surface area contributed by atoms with E-state index >= 15 is 0 Å². The standard InChI is InChI=1S/2C23H36O7.Ca/c2*1-4-13(2)23(29)30-20-11-17(25)9-15-6-5-14(3)19(22(15)20)8-7-16(24)10-18(26)12-21(27)28;/h2*5-6,9,13-14,16-20,22,24-26H,4,7-8,10-12H2,1-3H3,(H,27,28);/q;;+2/p-2/t2*13-,14-,16+,17+,18+,19-,20-,22-;/m00./s1. The normalized spacial score (nSPS) is 30.8. The van der Waals surface area contributed by atoms with Crippen LogP contribution in [0.4, 0.5) is 0 Å². The van der Waals surface area contributed by atoms with Gasteiger partial charge in [0.15, 0.2) is 0 Å². The number of esters is 2. The van der Waals surface area contributed by atoms with Crippen LogP contribution >= 0.6 is 0 Å². The number of carbonyl (C=O) groups is 4. The van der Waals surface area contributed by atoms with Gasteiger partial charge in [-0.3, -0.25) is 9.59 Å². The van der Waals surface area contributed by atoms with Gasteiger partial charge in [0.25, 0.3) is 0 Å². The van der Waals surface area contributed by atoms with Crippen molar-refractivity contribution < 1.29 is 69.5 Å². The van der Waals surface area contributed by atoms with Crippen LogP contribution in [0.1, 0.15) is 119 Å². The minimum Gasteiger partial charge on any atom is -0.550 e. The summed E-state index contributed by atoms with van der Waals surface area (Å²) in [5, 5.41) is 81.7. The summed E-state index contributed by atoms with van der Waals surface area (Å²) in [5.74, 6) is -3.21. The Hall–Kier alpha value is -2.14. The number of carboxylic acids is 2. The van der Waals surface area contributed by atoms with Crippen molar-refractivity contribution in [1.82, 2.24) is 0 Å². The first kappa shape index (κ1) is 55.0. The van der Waals surface area contributed by atoms with Crippen LogP contribution < -0.4 is 10.2 Å². The second kappa shape index (κ2) is 26.6. The molecule has 0 aromatic heterocycles. The fraction of sp³-hybridized carbons (Fsp3) is 0.739. The van der Waals surface area contributed by atoms with Gasteiger partial charge in [-0.25, -0.2) is 0 Å². The minimum atomic E-state index is -1.35. The predicted molar refractivity (Wildman–Crippen MR) is 223 cm³/mol. The first-order valence-electron chi connectivity index (χ1n) is 21.9. The third-order valence-electron chi connectivity index (χ3n) is 12.9. The average Bonchev–Trinajstić information content (AvgIpc) is 3.15. The smallest absolute Gasteiger partial charge is 0.550 e. The van der Waals surface area contributed by atoms with Gasteiger partial charge in [-0.1, -0.05) is 78.0 Å². The summed E-state index contributed by atoms with van der Waals surface area (Å²) < 4.78 is 11.7. The van der Waals surface area contributed by atoms with Crippen LogP contribution in [0.3, 0.4) is 0 Å². The Labute approximate surface area is 391 Å². The first-order chi connectivity index (χ1) is 28.2. The number of hydrogen-bond donors (Lipinski definition) is 6. The van der Waals surface area contributed by atoms with Gasteiger partial charge >= 0.3 is 49.7 Å². The van der Waals surface area contributed by atoms with E-state index in [1.807, 2.05) is 52.0 Å². The Morgan fingerprint density at radius 2 is 1.00 bits per heavy atom. The number of hydrogen-bond acceptors (Lipinski definition) is 14. The fourth-order valence-corrected chi connectivity index (χ4v) is 9.02. The Morgan fingerprint density at radius 1 is 0.656 bits per heavy atom. The van der Waals surface area contributed by atoms with E-state index in [1.165, 1.54) is 0 Å². The fourth-order valence-electron chi connectivity index (χ4n) is 9.02. The molecule has 0 aliphatic heterocycles. The van der Waals surface area contributed by atoms with E-state index in [9.17, 15) is 60.0 Å². The molecule has 0 bridgehead atoms. The molecule has 0 unspecified atom stereocenters. The molecule has 0 aromatic rings. The van der Waals surface area contributed by atoms with E-state index in [4.69, 9.17) is 9.47 Å². The minimum absolute atomic E-state index is 0. The van der Waals surface area contributed by atoms with E-state index in [0.717, 1.165) is 11.1 Å². The molecule has 6 N–H and O–H groups in total. The Morgan fingerprint density at radius 3 is 1.31 bits per heavy atom. The summed E-state index contributed by atoms with van der Waals surface area (Å²) in [4.78, 5) is 46.0. The van der Waals surface area contributed by atoms with E-state index in [2.05, 4.69) is 26.0 Å². The van der Waals surface area contributed by atoms with Crippen molar-refractivity contribution in [1.29, 1.82) is 0 Å². The zero-order chi connectivity index (χ0) is 44.8. The third-order valence-corrected chi connectivity index (χ3v) is 12.9. The number of aliphatic hydroxyl groups excluding tert-OH is 6. The molecule has 4 rings (SSSR count). The maximum atomic E-state index is 12.4. The van der Waals surface area contributed by atoms with Gasteiger partial charge in [-0.15, -0.1) is 0 Å². The van der Waals surface area contributed by atoms with Crippen LogP contribution in [-0.2, 0) is 28.7 Å². The van der Waals surface area contributed by atoms with Crippen molar-refractivity contribution in [2.45, 2.75) is 167 Å². The van der Waals surface area contributed by atoms with Crippen molar-refractivity contribution in [3.05, 3.63) is 47.6 Å². The molecule has 4 aliphatic carbocycles. The van der Waals surface area contributed by atoms with E-state index in [-0.39, 0.29) is 110 Å². The topological polar surface area (TPSA) is 254 Å². The number of fused-ring (bicyclic) bond motifs is 2. The van der Waals surface area contributed by atoms with Gasteiger partial charge in [-0.2, -0.15) is 0 Å². The molecule has 16 atom stereocenters. The van der Waals surface area contributed by atoms with Gasteiger partial charge in [0.05, 0.1) is 48.5 Å². The molecule has 0 saturated heterocycles. The number of carboxylic acid groups (broad SMARTS) is 2. The maximum Gasteiger partial charge on any atom is 2.00 e. The van der Waals surface area contributed by atoms with Gasteiger partial charge in [0.2, 0.25) is 0 Å². The first-order valence-corrected chi connectivity index (χ1v) is 21.9. The summed E-state index contributed by atoms with van der Waals surface area (Å²) in [7, 11) is 0. The number of ether oxygens (including phenoxy) is 2. The SMILES string of the molecule is CC[C@H](C)C(=O)O[C@H]1C[C@H](O)C=C2C=C[C@H](C)[C@H](CC[C@@H](O)C[C@@H](O)CC(=O)[O-])[C@H]21.CC[C@H](C)C(=O)O[C@H]1C[C@H](O)C=C2C=C[C@H](C)[C@H](CC[C@@H](O)C[C@@H](O)CC(=O)[O-])[C@H]21.[Ca+2]. The Balaban J connectivity index is 0.000000413. The quantitative estimate of drug-likeness (QED) is 0.0754. The van der Waals surface area contributed by atoms with Crippen LogP contribution in [0.5, 0.6) is 0 Å². The summed E-state index contributed by atoms with van der Waals surface area (Å²) >= 11 is 0. The molecule has 0 radical (unpaired) electrons. The average molecular weight is 887 g/mol. The zero-order valence-electron chi connectivity index (χ0n) is 36.8. The third kappa shape index (κ3) is 17.4. The maximum absolute atomic E-state index is 12.4. The molecular formula is C46H70CaO14. The van der Waals surface area contributed by atoms with Gasteiger partial charge < -0.3 is 59.9 Å². The summed E-state index contributed by atoms with van der Waals surface area (Å²) in [5.41, 5.74) is 1.90. The second-order valence-corrected chi connectivity index (χ2v) is 17.7. The van der Waals surface area contributed by atoms with Crippen LogP contribution in [0.15, 0.2) is 47.6 Å². The van der Waals surface area contributed by atoms with Gasteiger partial charge in [0, 0.05) is 49.5 Å². The van der Waals surface area contributed by atoms with Crippen LogP contribution in [0, 0.1) is 47.3 Å². The molecule has 15 heteroatoms. The molecule has 0 fully saturated rings. The van der Waals surface area contributed by atoms with E-state index < -0.39 is 73.6 Å². The number of carbonyl (C=O) groups excluding carboxylic acids is 4. The van der Waals surface area contributed by atoms with Crippen molar-refractivity contribution in [3.63, 3.8) is 0 Å². The number of aliphatic carboxylic acids is 2. The molecule has 14 nitrogen and oxygen atoms in total. The molecule has 0 spiro atoms. The molecule has 0 amide bonds. The molecule has 0 aromatic carbocycles. The van der Waals surface area contributed by atoms with E-state index in [1.54, 1.807) is 0 Å². The number of allylic oxidation sites excluding steroid dienone is 4. The molecule has 340 valence electrons. The second-order valence-electron chi connectivity index (χ2n) is 17.7. The van der Waals surface area contributed by atoms with Crippen LogP contribution in [0.25, 0.3) is 0 Å². The Bertz CT molecular complexity index is 1430. The van der Waals surface area contributed by atoms with Gasteiger partial charge in [0.1, 0.15) is 12.2 Å².